The lowest BCUT2D eigenvalue weighted by molar-refractivity contribution is -0.385. The zero-order chi connectivity index (χ0) is 19.0. The van der Waals surface area contributed by atoms with Crippen molar-refractivity contribution in [2.45, 2.75) is 31.5 Å². The van der Waals surface area contributed by atoms with Crippen molar-refractivity contribution in [1.29, 1.82) is 0 Å². The minimum Gasteiger partial charge on any atom is -0.496 e. The van der Waals surface area contributed by atoms with Gasteiger partial charge in [0.25, 0.3) is 5.69 Å². The van der Waals surface area contributed by atoms with E-state index in [1.165, 1.54) is 6.07 Å². The zero-order valence-corrected chi connectivity index (χ0v) is 15.9. The molecule has 3 heterocycles. The number of thioether (sulfide) groups is 1. The maximum atomic E-state index is 11.4. The van der Waals surface area contributed by atoms with Crippen LogP contribution in [0, 0.1) is 10.1 Å². The molecular formula is C19H20N4O3S. The Kier molecular flexibility index (Phi) is 4.73. The van der Waals surface area contributed by atoms with Gasteiger partial charge in [-0.05, 0) is 24.6 Å². The highest BCUT2D eigenvalue weighted by atomic mass is 32.2. The molecule has 2 aromatic rings. The molecule has 2 aliphatic rings. The Morgan fingerprint density at radius 3 is 2.89 bits per heavy atom. The van der Waals surface area contributed by atoms with E-state index in [0.717, 1.165) is 28.6 Å². The number of fused-ring (bicyclic) bond motifs is 1. The second-order valence-corrected chi connectivity index (χ2v) is 7.51. The summed E-state index contributed by atoms with van der Waals surface area (Å²) >= 11 is 1.74. The van der Waals surface area contributed by atoms with Crippen LogP contribution in [0.5, 0.6) is 5.75 Å². The molecule has 0 aliphatic carbocycles. The van der Waals surface area contributed by atoms with Crippen LogP contribution in [-0.4, -0.2) is 38.9 Å². The van der Waals surface area contributed by atoms with Gasteiger partial charge in [0, 0.05) is 35.7 Å². The van der Waals surface area contributed by atoms with E-state index in [1.54, 1.807) is 37.2 Å². The van der Waals surface area contributed by atoms with Crippen LogP contribution in [0.2, 0.25) is 0 Å². The first-order valence-corrected chi connectivity index (χ1v) is 9.84. The fraction of sp³-hybridized carbons (Fsp3) is 0.368. The summed E-state index contributed by atoms with van der Waals surface area (Å²) in [6.07, 6.45) is 2.74. The van der Waals surface area contributed by atoms with Gasteiger partial charge in [0.05, 0.1) is 23.8 Å². The summed E-state index contributed by atoms with van der Waals surface area (Å²) in [6, 6.07) is 10.5. The number of nitro benzene ring substituents is 1. The van der Waals surface area contributed by atoms with Gasteiger partial charge in [-0.15, -0.1) is 0 Å². The standard InChI is InChI=1S/C19H20N4O3S/c1-3-12-11-27-19-21-17(15-6-4-5-9-20-15)18(22(12)19)14-10-13(23(24)25)7-8-16(14)26-2/h4-10,12,17-18H,3,11H2,1-2H3. The second kappa shape index (κ2) is 7.19. The van der Waals surface area contributed by atoms with Gasteiger partial charge in [0.1, 0.15) is 11.8 Å². The normalized spacial score (nSPS) is 23.9. The molecule has 0 N–H and O–H groups in total. The van der Waals surface area contributed by atoms with Gasteiger partial charge < -0.3 is 9.64 Å². The Bertz CT molecular complexity index is 890. The highest BCUT2D eigenvalue weighted by Crippen LogP contribution is 2.50. The van der Waals surface area contributed by atoms with Gasteiger partial charge in [0.2, 0.25) is 0 Å². The summed E-state index contributed by atoms with van der Waals surface area (Å²) in [7, 11) is 1.59. The third kappa shape index (κ3) is 3.03. The minimum absolute atomic E-state index is 0.0546. The molecule has 3 unspecified atom stereocenters. The third-order valence-electron chi connectivity index (χ3n) is 5.07. The quantitative estimate of drug-likeness (QED) is 0.573. The molecule has 4 rings (SSSR count). The monoisotopic (exact) mass is 384 g/mol. The molecule has 0 radical (unpaired) electrons. The van der Waals surface area contributed by atoms with Crippen molar-refractivity contribution < 1.29 is 9.66 Å². The number of hydrogen-bond acceptors (Lipinski definition) is 7. The van der Waals surface area contributed by atoms with E-state index >= 15 is 0 Å². The average molecular weight is 384 g/mol. The summed E-state index contributed by atoms with van der Waals surface area (Å²) < 4.78 is 5.57. The van der Waals surface area contributed by atoms with E-state index in [0.29, 0.717) is 11.8 Å². The van der Waals surface area contributed by atoms with Crippen LogP contribution in [0.15, 0.2) is 47.6 Å². The molecular weight excluding hydrogens is 364 g/mol. The molecule has 8 heteroatoms. The molecule has 140 valence electrons. The van der Waals surface area contributed by atoms with Crippen LogP contribution < -0.4 is 4.74 Å². The summed E-state index contributed by atoms with van der Waals surface area (Å²) in [5.74, 6) is 1.60. The number of nitro groups is 1. The summed E-state index contributed by atoms with van der Waals surface area (Å²) in [5.41, 5.74) is 1.69. The first-order valence-electron chi connectivity index (χ1n) is 8.86. The average Bonchev–Trinajstić information content (AvgIpc) is 3.27. The minimum atomic E-state index is -0.370. The Balaban J connectivity index is 1.87. The number of amidine groups is 1. The van der Waals surface area contributed by atoms with Gasteiger partial charge in [-0.3, -0.25) is 20.1 Å². The van der Waals surface area contributed by atoms with Gasteiger partial charge in [-0.1, -0.05) is 24.8 Å². The fourth-order valence-electron chi connectivity index (χ4n) is 3.75. The number of benzene rings is 1. The van der Waals surface area contributed by atoms with Crippen LogP contribution in [0.25, 0.3) is 0 Å². The number of aliphatic imine (C=N–C) groups is 1. The molecule has 0 bridgehead atoms. The lowest BCUT2D eigenvalue weighted by Crippen LogP contribution is -2.35. The van der Waals surface area contributed by atoms with Crippen LogP contribution in [0.3, 0.4) is 0 Å². The van der Waals surface area contributed by atoms with Crippen molar-refractivity contribution in [3.8, 4) is 5.75 Å². The van der Waals surface area contributed by atoms with Crippen molar-refractivity contribution in [2.75, 3.05) is 12.9 Å². The van der Waals surface area contributed by atoms with Gasteiger partial charge >= 0.3 is 0 Å². The predicted molar refractivity (Wildman–Crippen MR) is 105 cm³/mol. The molecule has 0 spiro atoms. The first-order chi connectivity index (χ1) is 13.1. The fourth-order valence-corrected chi connectivity index (χ4v) is 5.09. The Hall–Kier alpha value is -2.61. The lowest BCUT2D eigenvalue weighted by atomic mass is 9.94. The Labute approximate surface area is 161 Å². The highest BCUT2D eigenvalue weighted by molar-refractivity contribution is 8.14. The molecule has 0 saturated carbocycles. The maximum absolute atomic E-state index is 11.4. The smallest absolute Gasteiger partial charge is 0.270 e. The van der Waals surface area contributed by atoms with E-state index in [2.05, 4.69) is 16.8 Å². The largest absolute Gasteiger partial charge is 0.496 e. The first kappa shape index (κ1) is 17.8. The topological polar surface area (TPSA) is 80.9 Å². The van der Waals surface area contributed by atoms with Crippen molar-refractivity contribution >= 4 is 22.6 Å². The number of nitrogens with zero attached hydrogens (tertiary/aromatic N) is 4. The number of non-ortho nitro benzene ring substituents is 1. The third-order valence-corrected chi connectivity index (χ3v) is 6.20. The summed E-state index contributed by atoms with van der Waals surface area (Å²) in [6.45, 7) is 2.16. The zero-order valence-electron chi connectivity index (χ0n) is 15.1. The van der Waals surface area contributed by atoms with Crippen molar-refractivity contribution in [3.63, 3.8) is 0 Å². The number of aromatic nitrogens is 1. The highest BCUT2D eigenvalue weighted by Gasteiger charge is 2.46. The number of methoxy groups -OCH3 is 1. The van der Waals surface area contributed by atoms with Crippen LogP contribution in [0.4, 0.5) is 5.69 Å². The Morgan fingerprint density at radius 2 is 2.22 bits per heavy atom. The van der Waals surface area contributed by atoms with Crippen molar-refractivity contribution in [1.82, 2.24) is 9.88 Å². The second-order valence-electron chi connectivity index (χ2n) is 6.52. The molecule has 0 amide bonds. The molecule has 1 fully saturated rings. The molecule has 1 saturated heterocycles. The van der Waals surface area contributed by atoms with Crippen LogP contribution in [0.1, 0.15) is 36.7 Å². The number of rotatable bonds is 5. The van der Waals surface area contributed by atoms with Gasteiger partial charge in [0.15, 0.2) is 5.17 Å². The van der Waals surface area contributed by atoms with Crippen molar-refractivity contribution in [2.24, 2.45) is 4.99 Å². The molecule has 2 aliphatic heterocycles. The summed E-state index contributed by atoms with van der Waals surface area (Å²) in [5, 5.41) is 12.4. The summed E-state index contributed by atoms with van der Waals surface area (Å²) in [4.78, 5) is 22.8. The lowest BCUT2D eigenvalue weighted by Gasteiger charge is -2.32. The SMILES string of the molecule is CCC1CSC2=NC(c3ccccn3)C(c3cc([N+](=O)[O-])ccc3OC)N21. The number of hydrogen-bond donors (Lipinski definition) is 0. The molecule has 3 atom stereocenters. The van der Waals surface area contributed by atoms with Crippen LogP contribution >= 0.6 is 11.8 Å². The van der Waals surface area contributed by atoms with E-state index in [9.17, 15) is 10.1 Å². The van der Waals surface area contributed by atoms with E-state index in [1.807, 2.05) is 18.2 Å². The number of pyridine rings is 1. The molecule has 1 aromatic heterocycles. The van der Waals surface area contributed by atoms with E-state index in [4.69, 9.17) is 9.73 Å². The van der Waals surface area contributed by atoms with Crippen LogP contribution in [-0.2, 0) is 0 Å². The van der Waals surface area contributed by atoms with E-state index in [-0.39, 0.29) is 22.7 Å². The predicted octanol–water partition coefficient (Wildman–Crippen LogP) is 3.98. The molecule has 27 heavy (non-hydrogen) atoms. The van der Waals surface area contributed by atoms with Gasteiger partial charge in [-0.2, -0.15) is 0 Å². The number of ether oxygens (including phenoxy) is 1. The maximum Gasteiger partial charge on any atom is 0.270 e. The molecule has 1 aromatic carbocycles. The van der Waals surface area contributed by atoms with E-state index < -0.39 is 0 Å². The molecule has 7 nitrogen and oxygen atoms in total. The van der Waals surface area contributed by atoms with Crippen molar-refractivity contribution in [3.05, 3.63) is 64.0 Å². The Morgan fingerprint density at radius 1 is 1.37 bits per heavy atom. The van der Waals surface area contributed by atoms with Gasteiger partial charge in [-0.25, -0.2) is 0 Å².